The number of rotatable bonds is 7. The Morgan fingerprint density at radius 3 is 2.56 bits per heavy atom. The summed E-state index contributed by atoms with van der Waals surface area (Å²) in [4.78, 5) is 12.5. The van der Waals surface area contributed by atoms with Gasteiger partial charge in [0.15, 0.2) is 0 Å². The molecule has 1 aromatic heterocycles. The Morgan fingerprint density at radius 2 is 1.85 bits per heavy atom. The average molecular weight is 431 g/mol. The van der Waals surface area contributed by atoms with Gasteiger partial charge in [0.2, 0.25) is 0 Å². The third-order valence-electron chi connectivity index (χ3n) is 5.40. The molecule has 0 aliphatic heterocycles. The van der Waals surface area contributed by atoms with Gasteiger partial charge in [0.1, 0.15) is 11.3 Å². The topological polar surface area (TPSA) is 39.4 Å². The van der Waals surface area contributed by atoms with Crippen molar-refractivity contribution < 1.29 is 9.15 Å². The minimum absolute atomic E-state index is 0.0139. The summed E-state index contributed by atoms with van der Waals surface area (Å²) in [5.74, 6) is 0.746. The Hall–Kier alpha value is -1.81. The van der Waals surface area contributed by atoms with Crippen molar-refractivity contribution in [1.82, 2.24) is 0 Å². The minimum atomic E-state index is -0.315. The van der Waals surface area contributed by atoms with Crippen LogP contribution in [0.25, 0.3) is 21.7 Å². The molecule has 0 saturated heterocycles. The first kappa shape index (κ1) is 19.9. The molecule has 0 spiro atoms. The lowest BCUT2D eigenvalue weighted by Crippen LogP contribution is -2.17. The van der Waals surface area contributed by atoms with Crippen LogP contribution in [0.5, 0.6) is 5.75 Å². The smallest absolute Gasteiger partial charge is 0.344 e. The number of benzene rings is 2. The summed E-state index contributed by atoms with van der Waals surface area (Å²) in [6.07, 6.45) is 6.03. The molecular weight excluding hydrogens is 404 g/mol. The Labute approximate surface area is 168 Å². The summed E-state index contributed by atoms with van der Waals surface area (Å²) in [6.45, 7) is 6.72. The van der Waals surface area contributed by atoms with Crippen LogP contribution in [-0.4, -0.2) is 7.11 Å². The van der Waals surface area contributed by atoms with Gasteiger partial charge in [0.05, 0.1) is 17.9 Å². The predicted octanol–water partition coefficient (Wildman–Crippen LogP) is 6.97. The first-order valence-electron chi connectivity index (χ1n) is 9.62. The van der Waals surface area contributed by atoms with Crippen LogP contribution in [0.4, 0.5) is 0 Å². The van der Waals surface area contributed by atoms with Crippen LogP contribution in [0.2, 0.25) is 0 Å². The first-order valence-corrected chi connectivity index (χ1v) is 10.4. The van der Waals surface area contributed by atoms with Gasteiger partial charge in [-0.15, -0.1) is 0 Å². The summed E-state index contributed by atoms with van der Waals surface area (Å²) in [5, 5.41) is 2.26. The minimum Gasteiger partial charge on any atom is -0.496 e. The summed E-state index contributed by atoms with van der Waals surface area (Å²) >= 11 is 3.50. The van der Waals surface area contributed by atoms with Gasteiger partial charge in [-0.3, -0.25) is 0 Å². The Kier molecular flexibility index (Phi) is 5.95. The molecule has 2 aromatic carbocycles. The van der Waals surface area contributed by atoms with Gasteiger partial charge in [-0.25, -0.2) is 4.79 Å². The van der Waals surface area contributed by atoms with Crippen molar-refractivity contribution in [2.45, 2.75) is 58.3 Å². The van der Waals surface area contributed by atoms with Crippen LogP contribution < -0.4 is 10.4 Å². The Bertz CT molecular complexity index is 1020. The van der Waals surface area contributed by atoms with Crippen molar-refractivity contribution in [3.63, 3.8) is 0 Å². The molecule has 0 saturated carbocycles. The van der Waals surface area contributed by atoms with E-state index in [0.29, 0.717) is 11.0 Å². The van der Waals surface area contributed by atoms with E-state index in [1.165, 1.54) is 25.7 Å². The van der Waals surface area contributed by atoms with Crippen molar-refractivity contribution in [3.05, 3.63) is 50.8 Å². The number of hydrogen-bond acceptors (Lipinski definition) is 3. The molecule has 0 amide bonds. The summed E-state index contributed by atoms with van der Waals surface area (Å²) in [5.41, 5.74) is 1.40. The average Bonchev–Trinajstić information content (AvgIpc) is 2.64. The van der Waals surface area contributed by atoms with E-state index in [2.05, 4.69) is 42.8 Å². The zero-order chi connectivity index (χ0) is 19.6. The quantitative estimate of drug-likeness (QED) is 0.231. The third-order valence-corrected chi connectivity index (χ3v) is 5.89. The van der Waals surface area contributed by atoms with Gasteiger partial charge in [0.25, 0.3) is 0 Å². The SMILES string of the molecule is CCCCCCC(C)(C)c1cc(OC)c2c(c1)oc(=O)c1ccc(Br)cc12. The second kappa shape index (κ2) is 8.05. The molecule has 4 heteroatoms. The van der Waals surface area contributed by atoms with E-state index in [1.807, 2.05) is 18.2 Å². The maximum atomic E-state index is 12.5. The lowest BCUT2D eigenvalue weighted by molar-refractivity contribution is 0.411. The van der Waals surface area contributed by atoms with Crippen LogP contribution in [0.15, 0.2) is 44.0 Å². The highest BCUT2D eigenvalue weighted by Crippen LogP contribution is 2.38. The molecule has 0 atom stereocenters. The standard InChI is InChI=1S/C23H27BrO3/c1-5-6-7-8-11-23(2,3)15-12-19(26-4)21-18-14-16(24)9-10-17(18)22(25)27-20(21)13-15/h9-10,12-14H,5-8,11H2,1-4H3. The first-order chi connectivity index (χ1) is 12.9. The second-order valence-corrected chi connectivity index (χ2v) is 8.74. The van der Waals surface area contributed by atoms with Crippen LogP contribution in [0.3, 0.4) is 0 Å². The molecule has 0 fully saturated rings. The molecule has 0 N–H and O–H groups in total. The Balaban J connectivity index is 2.15. The van der Waals surface area contributed by atoms with E-state index >= 15 is 0 Å². The van der Waals surface area contributed by atoms with Crippen molar-refractivity contribution in [1.29, 1.82) is 0 Å². The summed E-state index contributed by atoms with van der Waals surface area (Å²) in [6, 6.07) is 9.70. The monoisotopic (exact) mass is 430 g/mol. The van der Waals surface area contributed by atoms with Gasteiger partial charge >= 0.3 is 5.63 Å². The van der Waals surface area contributed by atoms with Crippen LogP contribution in [0.1, 0.15) is 58.4 Å². The second-order valence-electron chi connectivity index (χ2n) is 7.83. The molecular formula is C23H27BrO3. The molecule has 0 radical (unpaired) electrons. The lowest BCUT2D eigenvalue weighted by Gasteiger charge is -2.26. The van der Waals surface area contributed by atoms with Crippen LogP contribution in [-0.2, 0) is 5.41 Å². The van der Waals surface area contributed by atoms with Crippen LogP contribution >= 0.6 is 15.9 Å². The fourth-order valence-electron chi connectivity index (χ4n) is 3.68. The molecule has 3 nitrogen and oxygen atoms in total. The fourth-order valence-corrected chi connectivity index (χ4v) is 4.04. The largest absolute Gasteiger partial charge is 0.496 e. The molecule has 0 bridgehead atoms. The molecule has 27 heavy (non-hydrogen) atoms. The van der Waals surface area contributed by atoms with Gasteiger partial charge in [-0.1, -0.05) is 62.4 Å². The lowest BCUT2D eigenvalue weighted by atomic mass is 9.79. The van der Waals surface area contributed by atoms with E-state index in [-0.39, 0.29) is 11.0 Å². The number of halogens is 1. The van der Waals surface area contributed by atoms with Crippen molar-refractivity contribution >= 4 is 37.7 Å². The fraction of sp³-hybridized carbons (Fsp3) is 0.435. The number of ether oxygens (including phenoxy) is 1. The van der Waals surface area contributed by atoms with Crippen molar-refractivity contribution in [2.24, 2.45) is 0 Å². The maximum Gasteiger partial charge on any atom is 0.344 e. The normalized spacial score (nSPS) is 12.0. The van der Waals surface area contributed by atoms with Gasteiger partial charge in [-0.05, 0) is 47.7 Å². The number of fused-ring (bicyclic) bond motifs is 3. The van der Waals surface area contributed by atoms with Gasteiger partial charge in [-0.2, -0.15) is 0 Å². The molecule has 3 rings (SSSR count). The number of methoxy groups -OCH3 is 1. The summed E-state index contributed by atoms with van der Waals surface area (Å²) < 4.78 is 12.3. The Morgan fingerprint density at radius 1 is 1.07 bits per heavy atom. The number of hydrogen-bond donors (Lipinski definition) is 0. The third kappa shape index (κ3) is 4.06. The van der Waals surface area contributed by atoms with Gasteiger partial charge < -0.3 is 9.15 Å². The molecule has 144 valence electrons. The highest BCUT2D eigenvalue weighted by molar-refractivity contribution is 9.10. The highest BCUT2D eigenvalue weighted by Gasteiger charge is 2.23. The molecule has 0 aliphatic rings. The molecule has 1 heterocycles. The molecule has 0 aliphatic carbocycles. The highest BCUT2D eigenvalue weighted by atomic mass is 79.9. The predicted molar refractivity (Wildman–Crippen MR) is 116 cm³/mol. The maximum absolute atomic E-state index is 12.5. The zero-order valence-electron chi connectivity index (χ0n) is 16.5. The van der Waals surface area contributed by atoms with E-state index in [0.717, 1.165) is 33.0 Å². The molecule has 3 aromatic rings. The van der Waals surface area contributed by atoms with Gasteiger partial charge in [0, 0.05) is 9.86 Å². The van der Waals surface area contributed by atoms with Crippen molar-refractivity contribution in [3.8, 4) is 5.75 Å². The van der Waals surface area contributed by atoms with E-state index in [9.17, 15) is 4.79 Å². The van der Waals surface area contributed by atoms with Crippen LogP contribution in [0, 0.1) is 0 Å². The molecule has 0 unspecified atom stereocenters. The van der Waals surface area contributed by atoms with E-state index in [4.69, 9.17) is 9.15 Å². The summed E-state index contributed by atoms with van der Waals surface area (Å²) in [7, 11) is 1.67. The van der Waals surface area contributed by atoms with Crippen molar-refractivity contribution in [2.75, 3.05) is 7.11 Å². The van der Waals surface area contributed by atoms with E-state index in [1.54, 1.807) is 13.2 Å². The number of unbranched alkanes of at least 4 members (excludes halogenated alkanes) is 3. The zero-order valence-corrected chi connectivity index (χ0v) is 18.1. The van der Waals surface area contributed by atoms with E-state index < -0.39 is 0 Å².